The molecule has 1 aliphatic heterocycles. The average molecular weight is 378 g/mol. The van der Waals surface area contributed by atoms with Gasteiger partial charge in [-0.15, -0.1) is 0 Å². The molecular formula is C18H21FN3O3S+. The third-order valence-corrected chi connectivity index (χ3v) is 6.26. The van der Waals surface area contributed by atoms with Crippen LogP contribution in [0.4, 0.5) is 10.1 Å². The number of benzene rings is 2. The van der Waals surface area contributed by atoms with E-state index in [2.05, 4.69) is 5.32 Å². The Labute approximate surface area is 152 Å². The fourth-order valence-electron chi connectivity index (χ4n) is 2.93. The van der Waals surface area contributed by atoms with Crippen LogP contribution in [0.3, 0.4) is 0 Å². The summed E-state index contributed by atoms with van der Waals surface area (Å²) in [7, 11) is -3.63. The molecule has 0 radical (unpaired) electrons. The molecular weight excluding hydrogens is 357 g/mol. The van der Waals surface area contributed by atoms with E-state index < -0.39 is 15.8 Å². The minimum Gasteiger partial charge on any atom is -0.325 e. The van der Waals surface area contributed by atoms with Gasteiger partial charge in [0, 0.05) is 5.69 Å². The standard InChI is InChI=1S/C18H20FN3O3S/c19-15-6-8-17(9-7-15)26(24,25)22-12-10-21(11-13-22)14-18(23)20-16-4-2-1-3-5-16/h1-9H,10-14H2,(H,20,23)/p+1. The highest BCUT2D eigenvalue weighted by Gasteiger charge is 2.31. The predicted molar refractivity (Wildman–Crippen MR) is 95.8 cm³/mol. The lowest BCUT2D eigenvalue weighted by molar-refractivity contribution is -0.895. The topological polar surface area (TPSA) is 70.9 Å². The molecule has 0 atom stereocenters. The number of carbonyl (C=O) groups excluding carboxylic acids is 1. The van der Waals surface area contributed by atoms with E-state index in [1.807, 2.05) is 30.3 Å². The molecule has 2 N–H and O–H groups in total. The summed E-state index contributed by atoms with van der Waals surface area (Å²) in [6.07, 6.45) is 0. The normalized spacial score (nSPS) is 16.3. The van der Waals surface area contributed by atoms with Gasteiger partial charge < -0.3 is 10.2 Å². The van der Waals surface area contributed by atoms with E-state index in [9.17, 15) is 17.6 Å². The highest BCUT2D eigenvalue weighted by atomic mass is 32.2. The number of amides is 1. The van der Waals surface area contributed by atoms with Crippen LogP contribution < -0.4 is 10.2 Å². The van der Waals surface area contributed by atoms with Crippen molar-refractivity contribution in [2.75, 3.05) is 38.0 Å². The van der Waals surface area contributed by atoms with E-state index in [0.29, 0.717) is 32.7 Å². The minimum atomic E-state index is -3.63. The van der Waals surface area contributed by atoms with E-state index in [1.54, 1.807) is 0 Å². The van der Waals surface area contributed by atoms with Crippen LogP contribution in [0, 0.1) is 5.82 Å². The molecule has 2 aromatic carbocycles. The van der Waals surface area contributed by atoms with Gasteiger partial charge in [-0.2, -0.15) is 4.31 Å². The largest absolute Gasteiger partial charge is 0.325 e. The first-order valence-electron chi connectivity index (χ1n) is 8.39. The summed E-state index contributed by atoms with van der Waals surface area (Å²) in [5.74, 6) is -0.566. The number of hydrogen-bond donors (Lipinski definition) is 2. The van der Waals surface area contributed by atoms with Crippen molar-refractivity contribution in [2.45, 2.75) is 4.90 Å². The van der Waals surface area contributed by atoms with Crippen LogP contribution in [0.25, 0.3) is 0 Å². The molecule has 1 fully saturated rings. The summed E-state index contributed by atoms with van der Waals surface area (Å²) in [5, 5.41) is 2.83. The Morgan fingerprint density at radius 1 is 1.04 bits per heavy atom. The Morgan fingerprint density at radius 2 is 1.65 bits per heavy atom. The molecule has 8 heteroatoms. The van der Waals surface area contributed by atoms with Gasteiger partial charge in [-0.25, -0.2) is 12.8 Å². The quantitative estimate of drug-likeness (QED) is 0.789. The summed E-state index contributed by atoms with van der Waals surface area (Å²) in [6, 6.07) is 14.0. The molecule has 1 aliphatic rings. The lowest BCUT2D eigenvalue weighted by atomic mass is 10.3. The van der Waals surface area contributed by atoms with Crippen LogP contribution in [-0.4, -0.2) is 51.4 Å². The maximum atomic E-state index is 13.0. The van der Waals surface area contributed by atoms with Gasteiger partial charge in [0.15, 0.2) is 6.54 Å². The number of halogens is 1. The molecule has 138 valence electrons. The molecule has 1 saturated heterocycles. The zero-order valence-corrected chi connectivity index (χ0v) is 15.0. The van der Waals surface area contributed by atoms with Crippen LogP contribution in [-0.2, 0) is 14.8 Å². The number of anilines is 1. The summed E-state index contributed by atoms with van der Waals surface area (Å²) < 4.78 is 39.6. The number of sulfonamides is 1. The number of nitrogens with one attached hydrogen (secondary N) is 2. The zero-order chi connectivity index (χ0) is 18.6. The van der Waals surface area contributed by atoms with Gasteiger partial charge in [0.05, 0.1) is 31.1 Å². The number of carbonyl (C=O) groups is 1. The molecule has 6 nitrogen and oxygen atoms in total. The molecule has 0 saturated carbocycles. The van der Waals surface area contributed by atoms with Crippen molar-refractivity contribution in [3.8, 4) is 0 Å². The van der Waals surface area contributed by atoms with Gasteiger partial charge >= 0.3 is 0 Å². The molecule has 0 aromatic heterocycles. The number of piperazine rings is 1. The molecule has 1 amide bonds. The SMILES string of the molecule is O=C(C[NH+]1CCN(S(=O)(=O)c2ccc(F)cc2)CC1)Nc1ccccc1. The van der Waals surface area contributed by atoms with E-state index >= 15 is 0 Å². The second-order valence-corrected chi connectivity index (χ2v) is 8.14. The van der Waals surface area contributed by atoms with Gasteiger partial charge in [0.25, 0.3) is 5.91 Å². The van der Waals surface area contributed by atoms with E-state index in [0.717, 1.165) is 22.7 Å². The van der Waals surface area contributed by atoms with Crippen molar-refractivity contribution in [3.63, 3.8) is 0 Å². The van der Waals surface area contributed by atoms with Crippen molar-refractivity contribution < 1.29 is 22.5 Å². The number of para-hydroxylation sites is 1. The predicted octanol–water partition coefficient (Wildman–Crippen LogP) is 0.354. The highest BCUT2D eigenvalue weighted by Crippen LogP contribution is 2.16. The molecule has 0 unspecified atom stereocenters. The first-order chi connectivity index (χ1) is 12.4. The minimum absolute atomic E-state index is 0.0872. The fourth-order valence-corrected chi connectivity index (χ4v) is 4.37. The van der Waals surface area contributed by atoms with E-state index in [4.69, 9.17) is 0 Å². The lowest BCUT2D eigenvalue weighted by Crippen LogP contribution is -3.15. The summed E-state index contributed by atoms with van der Waals surface area (Å²) in [5.41, 5.74) is 0.745. The van der Waals surface area contributed by atoms with Crippen molar-refractivity contribution in [1.29, 1.82) is 0 Å². The number of quaternary nitrogens is 1. The van der Waals surface area contributed by atoms with E-state index in [-0.39, 0.29) is 10.8 Å². The Kier molecular flexibility index (Phi) is 5.65. The number of nitrogens with zero attached hydrogens (tertiary/aromatic N) is 1. The first-order valence-corrected chi connectivity index (χ1v) is 9.83. The first kappa shape index (κ1) is 18.5. The van der Waals surface area contributed by atoms with Crippen LogP contribution in [0.2, 0.25) is 0 Å². The van der Waals surface area contributed by atoms with Gasteiger partial charge in [-0.1, -0.05) is 18.2 Å². The second-order valence-electron chi connectivity index (χ2n) is 6.20. The third kappa shape index (κ3) is 4.46. The Hall–Kier alpha value is -2.29. The average Bonchev–Trinajstić information content (AvgIpc) is 2.63. The van der Waals surface area contributed by atoms with Crippen molar-refractivity contribution in [1.82, 2.24) is 4.31 Å². The Bertz CT molecular complexity index is 849. The molecule has 2 aromatic rings. The Morgan fingerprint density at radius 3 is 2.27 bits per heavy atom. The lowest BCUT2D eigenvalue weighted by Gasteiger charge is -2.31. The van der Waals surface area contributed by atoms with Crippen LogP contribution >= 0.6 is 0 Å². The molecule has 3 rings (SSSR count). The highest BCUT2D eigenvalue weighted by molar-refractivity contribution is 7.89. The van der Waals surface area contributed by atoms with Crippen LogP contribution in [0.15, 0.2) is 59.5 Å². The maximum Gasteiger partial charge on any atom is 0.279 e. The fraction of sp³-hybridized carbons (Fsp3) is 0.278. The summed E-state index contributed by atoms with van der Waals surface area (Å²) in [4.78, 5) is 13.2. The van der Waals surface area contributed by atoms with Crippen LogP contribution in [0.1, 0.15) is 0 Å². The second kappa shape index (κ2) is 7.94. The van der Waals surface area contributed by atoms with Crippen molar-refractivity contribution >= 4 is 21.6 Å². The van der Waals surface area contributed by atoms with Gasteiger partial charge in [0.2, 0.25) is 10.0 Å². The van der Waals surface area contributed by atoms with Crippen molar-refractivity contribution in [3.05, 3.63) is 60.4 Å². The number of rotatable bonds is 5. The van der Waals surface area contributed by atoms with Crippen molar-refractivity contribution in [2.24, 2.45) is 0 Å². The van der Waals surface area contributed by atoms with Gasteiger partial charge in [-0.3, -0.25) is 4.79 Å². The molecule has 26 heavy (non-hydrogen) atoms. The maximum absolute atomic E-state index is 13.0. The molecule has 1 heterocycles. The van der Waals surface area contributed by atoms with Crippen LogP contribution in [0.5, 0.6) is 0 Å². The van der Waals surface area contributed by atoms with E-state index in [1.165, 1.54) is 16.4 Å². The van der Waals surface area contributed by atoms with Gasteiger partial charge in [-0.05, 0) is 36.4 Å². The summed E-state index contributed by atoms with van der Waals surface area (Å²) in [6.45, 7) is 2.03. The smallest absolute Gasteiger partial charge is 0.279 e. The van der Waals surface area contributed by atoms with Gasteiger partial charge in [0.1, 0.15) is 5.82 Å². The number of hydrogen-bond acceptors (Lipinski definition) is 3. The Balaban J connectivity index is 1.54. The summed E-state index contributed by atoms with van der Waals surface area (Å²) >= 11 is 0. The molecule has 0 aliphatic carbocycles. The zero-order valence-electron chi connectivity index (χ0n) is 14.2. The molecule has 0 spiro atoms. The third-order valence-electron chi connectivity index (χ3n) is 4.35. The monoisotopic (exact) mass is 378 g/mol. The molecule has 0 bridgehead atoms.